The molecule has 4 rings (SSSR count). The summed E-state index contributed by atoms with van der Waals surface area (Å²) in [6.07, 6.45) is 5.52. The van der Waals surface area contributed by atoms with E-state index in [1.54, 1.807) is 19.2 Å². The fraction of sp³-hybridized carbons (Fsp3) is 0.409. The van der Waals surface area contributed by atoms with E-state index in [-0.39, 0.29) is 6.03 Å². The fourth-order valence-electron chi connectivity index (χ4n) is 3.69. The number of aryl methyl sites for hydroxylation is 3. The second-order valence-electron chi connectivity index (χ2n) is 7.27. The highest BCUT2D eigenvalue weighted by atomic mass is 32.1. The van der Waals surface area contributed by atoms with Crippen LogP contribution in [-0.4, -0.2) is 36.2 Å². The number of fused-ring (bicyclic) bond motifs is 3. The van der Waals surface area contributed by atoms with E-state index in [0.29, 0.717) is 13.1 Å². The summed E-state index contributed by atoms with van der Waals surface area (Å²) in [7, 11) is 1.61. The Morgan fingerprint density at radius 3 is 2.70 bits per heavy atom. The molecule has 30 heavy (non-hydrogen) atoms. The maximum absolute atomic E-state index is 12.1. The van der Waals surface area contributed by atoms with Gasteiger partial charge in [-0.2, -0.15) is 0 Å². The van der Waals surface area contributed by atoms with Gasteiger partial charge in [0.2, 0.25) is 0 Å². The lowest BCUT2D eigenvalue weighted by Gasteiger charge is -2.13. The monoisotopic (exact) mass is 425 g/mol. The number of urea groups is 1. The topological polar surface area (TPSA) is 88.2 Å². The van der Waals surface area contributed by atoms with Crippen molar-refractivity contribution in [3.05, 3.63) is 40.5 Å². The van der Waals surface area contributed by atoms with Crippen molar-refractivity contribution in [3.63, 3.8) is 0 Å². The van der Waals surface area contributed by atoms with E-state index in [0.717, 1.165) is 47.2 Å². The van der Waals surface area contributed by atoms with Crippen LogP contribution >= 0.6 is 11.3 Å². The number of carbonyl (C=O) groups excluding carboxylic acids is 1. The molecule has 7 nitrogen and oxygen atoms in total. The molecule has 0 unspecified atom stereocenters. The summed E-state index contributed by atoms with van der Waals surface area (Å²) >= 11 is 1.81. The minimum Gasteiger partial charge on any atom is -0.497 e. The number of methoxy groups -OCH3 is 1. The maximum atomic E-state index is 12.1. The normalized spacial score (nSPS) is 13.0. The van der Waals surface area contributed by atoms with Crippen LogP contribution in [0.15, 0.2) is 24.3 Å². The van der Waals surface area contributed by atoms with Crippen LogP contribution in [0.25, 0.3) is 10.2 Å². The van der Waals surface area contributed by atoms with Gasteiger partial charge in [-0.25, -0.2) is 14.8 Å². The van der Waals surface area contributed by atoms with Crippen molar-refractivity contribution in [2.45, 2.75) is 39.0 Å². The van der Waals surface area contributed by atoms with Gasteiger partial charge in [-0.15, -0.1) is 11.3 Å². The third-order valence-electron chi connectivity index (χ3n) is 5.23. The van der Waals surface area contributed by atoms with Crippen LogP contribution in [0.1, 0.15) is 36.0 Å². The van der Waals surface area contributed by atoms with Gasteiger partial charge in [-0.1, -0.05) is 6.92 Å². The zero-order valence-corrected chi connectivity index (χ0v) is 18.2. The molecule has 3 aromatic rings. The smallest absolute Gasteiger partial charge is 0.319 e. The lowest BCUT2D eigenvalue weighted by atomic mass is 9.97. The van der Waals surface area contributed by atoms with Crippen molar-refractivity contribution >= 4 is 39.1 Å². The van der Waals surface area contributed by atoms with E-state index in [1.165, 1.54) is 28.7 Å². The molecule has 0 spiro atoms. The number of rotatable bonds is 7. The lowest BCUT2D eigenvalue weighted by molar-refractivity contribution is 0.252. The van der Waals surface area contributed by atoms with Gasteiger partial charge in [0.15, 0.2) is 0 Å². The maximum Gasteiger partial charge on any atom is 0.319 e. The second kappa shape index (κ2) is 9.30. The first kappa shape index (κ1) is 20.4. The second-order valence-corrected chi connectivity index (χ2v) is 8.35. The van der Waals surface area contributed by atoms with E-state index < -0.39 is 0 Å². The molecule has 1 aliphatic carbocycles. The van der Waals surface area contributed by atoms with Gasteiger partial charge >= 0.3 is 6.03 Å². The minimum absolute atomic E-state index is 0.239. The molecule has 1 aromatic carbocycles. The summed E-state index contributed by atoms with van der Waals surface area (Å²) in [4.78, 5) is 24.2. The Bertz CT molecular complexity index is 1030. The molecule has 0 aliphatic heterocycles. The summed E-state index contributed by atoms with van der Waals surface area (Å²) in [6, 6.07) is 6.99. The Labute approximate surface area is 180 Å². The average molecular weight is 426 g/mol. The highest BCUT2D eigenvalue weighted by molar-refractivity contribution is 7.19. The van der Waals surface area contributed by atoms with Crippen LogP contribution in [0.4, 0.5) is 16.3 Å². The largest absolute Gasteiger partial charge is 0.497 e. The molecular formula is C22H27N5O2S. The Morgan fingerprint density at radius 2 is 1.93 bits per heavy atom. The molecule has 2 amide bonds. The zero-order chi connectivity index (χ0) is 20.9. The summed E-state index contributed by atoms with van der Waals surface area (Å²) in [5, 5.41) is 10.3. The van der Waals surface area contributed by atoms with Gasteiger partial charge in [0.05, 0.1) is 12.5 Å². The lowest BCUT2D eigenvalue weighted by Crippen LogP contribution is -2.32. The number of benzene rings is 1. The summed E-state index contributed by atoms with van der Waals surface area (Å²) in [5.74, 6) is 2.51. The van der Waals surface area contributed by atoms with Crippen LogP contribution in [0.3, 0.4) is 0 Å². The number of aromatic nitrogens is 2. The van der Waals surface area contributed by atoms with Crippen molar-refractivity contribution in [1.29, 1.82) is 0 Å². The van der Waals surface area contributed by atoms with Crippen LogP contribution in [0, 0.1) is 0 Å². The number of hydrogen-bond acceptors (Lipinski definition) is 6. The number of nitrogens with zero attached hydrogens (tertiary/aromatic N) is 2. The van der Waals surface area contributed by atoms with E-state index >= 15 is 0 Å². The molecule has 0 fully saturated rings. The van der Waals surface area contributed by atoms with Crippen LogP contribution in [-0.2, 0) is 19.3 Å². The molecule has 158 valence electrons. The minimum atomic E-state index is -0.239. The number of hydrogen-bond donors (Lipinski definition) is 3. The van der Waals surface area contributed by atoms with E-state index in [1.807, 2.05) is 23.5 Å². The molecule has 2 heterocycles. The van der Waals surface area contributed by atoms with Crippen molar-refractivity contribution in [2.24, 2.45) is 0 Å². The highest BCUT2D eigenvalue weighted by Crippen LogP contribution is 2.38. The van der Waals surface area contributed by atoms with Crippen molar-refractivity contribution in [3.8, 4) is 5.75 Å². The first-order chi connectivity index (χ1) is 14.7. The van der Waals surface area contributed by atoms with Crippen molar-refractivity contribution in [2.75, 3.05) is 30.8 Å². The molecule has 2 aromatic heterocycles. The number of amides is 2. The summed E-state index contributed by atoms with van der Waals surface area (Å²) < 4.78 is 5.13. The highest BCUT2D eigenvalue weighted by Gasteiger charge is 2.20. The number of nitrogens with one attached hydrogen (secondary N) is 3. The van der Waals surface area contributed by atoms with Gasteiger partial charge in [0.1, 0.15) is 22.2 Å². The zero-order valence-electron chi connectivity index (χ0n) is 17.4. The molecule has 3 N–H and O–H groups in total. The standard InChI is InChI=1S/C22H27N5O2S/c1-3-18-26-20(19-16-6-4-5-7-17(16)30-21(19)27-18)23-12-13-24-22(28)25-14-8-10-15(29-2)11-9-14/h8-11H,3-7,12-13H2,1-2H3,(H,23,26,27)(H2,24,25,28). The molecule has 0 bridgehead atoms. The predicted molar refractivity (Wildman–Crippen MR) is 122 cm³/mol. The number of thiophene rings is 1. The average Bonchev–Trinajstić information content (AvgIpc) is 3.15. The third kappa shape index (κ3) is 4.48. The molecular weight excluding hydrogens is 398 g/mol. The molecule has 0 saturated carbocycles. The van der Waals surface area contributed by atoms with E-state index in [4.69, 9.17) is 14.7 Å². The number of ether oxygens (including phenoxy) is 1. The first-order valence-corrected chi connectivity index (χ1v) is 11.2. The fourth-order valence-corrected chi connectivity index (χ4v) is 4.97. The quantitative estimate of drug-likeness (QED) is 0.489. The SMILES string of the molecule is CCc1nc(NCCNC(=O)Nc2ccc(OC)cc2)c2c3c(sc2n1)CCCC3. The molecule has 0 radical (unpaired) electrons. The summed E-state index contributed by atoms with van der Waals surface area (Å²) in [6.45, 7) is 3.15. The predicted octanol–water partition coefficient (Wildman–Crippen LogP) is 4.37. The Hall–Kier alpha value is -2.87. The van der Waals surface area contributed by atoms with Gasteiger partial charge in [0.25, 0.3) is 0 Å². The molecule has 0 saturated heterocycles. The number of anilines is 2. The number of carbonyl (C=O) groups is 1. The Kier molecular flexibility index (Phi) is 6.32. The molecule has 8 heteroatoms. The van der Waals surface area contributed by atoms with Crippen LogP contribution in [0.2, 0.25) is 0 Å². The Balaban J connectivity index is 1.37. The molecule has 1 aliphatic rings. The Morgan fingerprint density at radius 1 is 1.13 bits per heavy atom. The van der Waals surface area contributed by atoms with E-state index in [9.17, 15) is 4.79 Å². The van der Waals surface area contributed by atoms with Gasteiger partial charge in [0, 0.05) is 30.1 Å². The van der Waals surface area contributed by atoms with Crippen molar-refractivity contribution < 1.29 is 9.53 Å². The van der Waals surface area contributed by atoms with Crippen LogP contribution < -0.4 is 20.7 Å². The summed E-state index contributed by atoms with van der Waals surface area (Å²) in [5.41, 5.74) is 2.13. The third-order valence-corrected chi connectivity index (χ3v) is 6.41. The molecule has 0 atom stereocenters. The van der Waals surface area contributed by atoms with E-state index in [2.05, 4.69) is 22.9 Å². The van der Waals surface area contributed by atoms with Crippen molar-refractivity contribution in [1.82, 2.24) is 15.3 Å². The van der Waals surface area contributed by atoms with Gasteiger partial charge < -0.3 is 20.7 Å². The first-order valence-electron chi connectivity index (χ1n) is 10.4. The van der Waals surface area contributed by atoms with Gasteiger partial charge in [-0.05, 0) is 55.5 Å². The van der Waals surface area contributed by atoms with Crippen LogP contribution in [0.5, 0.6) is 5.75 Å². The van der Waals surface area contributed by atoms with Gasteiger partial charge in [-0.3, -0.25) is 0 Å².